The summed E-state index contributed by atoms with van der Waals surface area (Å²) in [5.74, 6) is 1.95. The van der Waals surface area contributed by atoms with Gasteiger partial charge in [0.1, 0.15) is 5.75 Å². The smallest absolute Gasteiger partial charge is 0.315 e. The molecule has 5 unspecified atom stereocenters. The van der Waals surface area contributed by atoms with Crippen molar-refractivity contribution in [2.45, 2.75) is 70.1 Å². The Morgan fingerprint density at radius 1 is 1.15 bits per heavy atom. The van der Waals surface area contributed by atoms with Crippen LogP contribution in [0.4, 0.5) is 4.79 Å². The van der Waals surface area contributed by atoms with Gasteiger partial charge in [0.15, 0.2) is 0 Å². The van der Waals surface area contributed by atoms with Gasteiger partial charge in [-0.05, 0) is 50.5 Å². The summed E-state index contributed by atoms with van der Waals surface area (Å²) in [5.41, 5.74) is 2.24. The summed E-state index contributed by atoms with van der Waals surface area (Å²) < 4.78 is 5.72. The molecule has 2 fully saturated rings. The highest BCUT2D eigenvalue weighted by molar-refractivity contribution is 5.75. The first kappa shape index (κ1) is 17.7. The van der Waals surface area contributed by atoms with Crippen molar-refractivity contribution in [2.75, 3.05) is 6.61 Å². The lowest BCUT2D eigenvalue weighted by atomic mass is 9.67. The Kier molecular flexibility index (Phi) is 5.07. The van der Waals surface area contributed by atoms with Gasteiger partial charge < -0.3 is 20.5 Å². The first-order valence-corrected chi connectivity index (χ1v) is 10.1. The molecular weight excluding hydrogens is 328 g/mol. The zero-order valence-electron chi connectivity index (χ0n) is 15.5. The molecule has 2 saturated carbocycles. The molecule has 0 spiro atoms. The number of aliphatic hydroxyl groups excluding tert-OH is 1. The number of fused-ring (bicyclic) bond motifs is 2. The van der Waals surface area contributed by atoms with Crippen molar-refractivity contribution < 1.29 is 14.6 Å². The van der Waals surface area contributed by atoms with Crippen molar-refractivity contribution in [3.05, 3.63) is 29.3 Å². The van der Waals surface area contributed by atoms with E-state index in [-0.39, 0.29) is 24.2 Å². The van der Waals surface area contributed by atoms with E-state index in [2.05, 4.69) is 23.6 Å². The molecule has 2 amide bonds. The number of benzene rings is 1. The van der Waals surface area contributed by atoms with Crippen LogP contribution < -0.4 is 15.4 Å². The van der Waals surface area contributed by atoms with Gasteiger partial charge in [-0.3, -0.25) is 0 Å². The van der Waals surface area contributed by atoms with E-state index in [0.29, 0.717) is 18.4 Å². The van der Waals surface area contributed by atoms with Crippen LogP contribution in [0.15, 0.2) is 18.2 Å². The number of carbonyl (C=O) groups excluding carboxylic acids is 1. The number of amides is 2. The number of nitrogens with one attached hydrogen (secondary N) is 2. The molecule has 1 aromatic carbocycles. The Morgan fingerprint density at radius 3 is 2.92 bits per heavy atom. The van der Waals surface area contributed by atoms with Gasteiger partial charge in [-0.25, -0.2) is 4.79 Å². The summed E-state index contributed by atoms with van der Waals surface area (Å²) >= 11 is 0. The molecule has 3 N–H and O–H groups in total. The maximum atomic E-state index is 12.7. The molecule has 1 aliphatic heterocycles. The van der Waals surface area contributed by atoms with E-state index in [1.54, 1.807) is 0 Å². The van der Waals surface area contributed by atoms with E-state index >= 15 is 0 Å². The molecule has 5 nitrogen and oxygen atoms in total. The van der Waals surface area contributed by atoms with Gasteiger partial charge in [0.2, 0.25) is 0 Å². The highest BCUT2D eigenvalue weighted by Gasteiger charge is 2.38. The summed E-state index contributed by atoms with van der Waals surface area (Å²) in [6.45, 7) is 2.68. The third-order valence-electron chi connectivity index (χ3n) is 6.45. The van der Waals surface area contributed by atoms with Crippen LogP contribution in [-0.2, 0) is 0 Å². The van der Waals surface area contributed by atoms with Gasteiger partial charge in [-0.1, -0.05) is 30.5 Å². The summed E-state index contributed by atoms with van der Waals surface area (Å²) in [4.78, 5) is 12.7. The number of ether oxygens (including phenoxy) is 1. The molecule has 3 aliphatic rings. The summed E-state index contributed by atoms with van der Waals surface area (Å²) in [5, 5.41) is 16.4. The Morgan fingerprint density at radius 2 is 2.04 bits per heavy atom. The van der Waals surface area contributed by atoms with Crippen molar-refractivity contribution in [1.82, 2.24) is 10.6 Å². The number of rotatable bonds is 2. The summed E-state index contributed by atoms with van der Waals surface area (Å²) in [6, 6.07) is 6.22. The molecule has 1 heterocycles. The number of aryl methyl sites for hydroxylation is 1. The van der Waals surface area contributed by atoms with Crippen molar-refractivity contribution in [3.8, 4) is 5.75 Å². The Bertz CT molecular complexity index is 663. The third-order valence-corrected chi connectivity index (χ3v) is 6.45. The second-order valence-corrected chi connectivity index (χ2v) is 8.28. The molecule has 0 radical (unpaired) electrons. The van der Waals surface area contributed by atoms with Crippen LogP contribution in [0.5, 0.6) is 5.75 Å². The predicted molar refractivity (Wildman–Crippen MR) is 100 cm³/mol. The standard InChI is InChI=1S/C21H30N2O3/c1-13-5-8-20-17(11-13)19(9-10-26-20)23-21(25)22-18-4-2-3-14-6-7-15(24)12-16(14)18/h5,8,11,14-16,18-19,24H,2-4,6-7,9-10,12H2,1H3,(H2,22,23,25). The zero-order valence-corrected chi connectivity index (χ0v) is 15.5. The SMILES string of the molecule is Cc1ccc2c(c1)C(NC(=O)NC1CCCC3CCC(O)CC31)CCO2. The van der Waals surface area contributed by atoms with Crippen LogP contribution in [0.25, 0.3) is 0 Å². The van der Waals surface area contributed by atoms with Crippen LogP contribution in [0.1, 0.15) is 62.1 Å². The number of urea groups is 1. The first-order chi connectivity index (χ1) is 12.6. The largest absolute Gasteiger partial charge is 0.493 e. The molecule has 1 aromatic rings. The van der Waals surface area contributed by atoms with Gasteiger partial charge in [0.25, 0.3) is 0 Å². The van der Waals surface area contributed by atoms with Crippen molar-refractivity contribution >= 4 is 6.03 Å². The summed E-state index contributed by atoms with van der Waals surface area (Å²) in [7, 11) is 0. The quantitative estimate of drug-likeness (QED) is 0.758. The highest BCUT2D eigenvalue weighted by Crippen LogP contribution is 2.40. The van der Waals surface area contributed by atoms with E-state index in [1.807, 2.05) is 12.1 Å². The minimum Gasteiger partial charge on any atom is -0.493 e. The van der Waals surface area contributed by atoms with E-state index in [9.17, 15) is 9.90 Å². The van der Waals surface area contributed by atoms with E-state index in [0.717, 1.165) is 43.4 Å². The van der Waals surface area contributed by atoms with Gasteiger partial charge in [0, 0.05) is 18.0 Å². The zero-order chi connectivity index (χ0) is 18.1. The number of aliphatic hydroxyl groups is 1. The van der Waals surface area contributed by atoms with Gasteiger partial charge in [-0.15, -0.1) is 0 Å². The fourth-order valence-corrected chi connectivity index (χ4v) is 5.12. The normalized spacial score (nSPS) is 33.4. The second-order valence-electron chi connectivity index (χ2n) is 8.28. The average molecular weight is 358 g/mol. The van der Waals surface area contributed by atoms with Crippen molar-refractivity contribution in [1.29, 1.82) is 0 Å². The monoisotopic (exact) mass is 358 g/mol. The Hall–Kier alpha value is -1.75. The molecule has 0 bridgehead atoms. The van der Waals surface area contributed by atoms with E-state index < -0.39 is 0 Å². The van der Waals surface area contributed by atoms with Crippen LogP contribution in [0.2, 0.25) is 0 Å². The minimum atomic E-state index is -0.202. The lowest BCUT2D eigenvalue weighted by Crippen LogP contribution is -2.51. The molecule has 0 saturated heterocycles. The lowest BCUT2D eigenvalue weighted by molar-refractivity contribution is 0.0334. The van der Waals surface area contributed by atoms with Gasteiger partial charge >= 0.3 is 6.03 Å². The predicted octanol–water partition coefficient (Wildman–Crippen LogP) is 3.45. The van der Waals surface area contributed by atoms with Crippen LogP contribution in [0.3, 0.4) is 0 Å². The molecule has 0 aromatic heterocycles. The molecular formula is C21H30N2O3. The van der Waals surface area contributed by atoms with Crippen LogP contribution >= 0.6 is 0 Å². The fourth-order valence-electron chi connectivity index (χ4n) is 5.12. The minimum absolute atomic E-state index is 0.00464. The number of hydrogen-bond acceptors (Lipinski definition) is 3. The fraction of sp³-hybridized carbons (Fsp3) is 0.667. The Labute approximate surface area is 155 Å². The van der Waals surface area contributed by atoms with E-state index in [1.165, 1.54) is 18.4 Å². The van der Waals surface area contributed by atoms with Crippen molar-refractivity contribution in [2.24, 2.45) is 11.8 Å². The average Bonchev–Trinajstić information content (AvgIpc) is 2.63. The van der Waals surface area contributed by atoms with Crippen LogP contribution in [-0.4, -0.2) is 29.9 Å². The molecule has 142 valence electrons. The second kappa shape index (κ2) is 7.47. The third kappa shape index (κ3) is 3.68. The lowest BCUT2D eigenvalue weighted by Gasteiger charge is -2.43. The molecule has 26 heavy (non-hydrogen) atoms. The molecule has 5 atom stereocenters. The summed E-state index contributed by atoms with van der Waals surface area (Å²) in [6.07, 6.45) is 6.85. The maximum absolute atomic E-state index is 12.7. The highest BCUT2D eigenvalue weighted by atomic mass is 16.5. The molecule has 4 rings (SSSR count). The van der Waals surface area contributed by atoms with E-state index in [4.69, 9.17) is 4.74 Å². The first-order valence-electron chi connectivity index (χ1n) is 10.1. The number of carbonyl (C=O) groups is 1. The number of hydrogen-bond donors (Lipinski definition) is 3. The van der Waals surface area contributed by atoms with Crippen LogP contribution in [0, 0.1) is 18.8 Å². The topological polar surface area (TPSA) is 70.6 Å². The van der Waals surface area contributed by atoms with Crippen molar-refractivity contribution in [3.63, 3.8) is 0 Å². The molecule has 2 aliphatic carbocycles. The Balaban J connectivity index is 1.41. The molecule has 5 heteroatoms. The van der Waals surface area contributed by atoms with Gasteiger partial charge in [0.05, 0.1) is 18.8 Å². The maximum Gasteiger partial charge on any atom is 0.315 e. The van der Waals surface area contributed by atoms with Gasteiger partial charge in [-0.2, -0.15) is 0 Å².